The second-order valence-electron chi connectivity index (χ2n) is 5.00. The predicted molar refractivity (Wildman–Crippen MR) is 80.9 cm³/mol. The van der Waals surface area contributed by atoms with Crippen molar-refractivity contribution in [1.29, 1.82) is 0 Å². The molecule has 0 bridgehead atoms. The average molecular weight is 314 g/mol. The number of aryl methyl sites for hydroxylation is 1. The van der Waals surface area contributed by atoms with Gasteiger partial charge in [0.05, 0.1) is 5.69 Å². The maximum Gasteiger partial charge on any atom is 0.275 e. The molecule has 116 valence electrons. The number of aromatic amines is 1. The Bertz CT molecular complexity index is 839. The van der Waals surface area contributed by atoms with E-state index in [-0.39, 0.29) is 11.5 Å². The maximum atomic E-state index is 13.2. The Morgan fingerprint density at radius 3 is 2.52 bits per heavy atom. The van der Waals surface area contributed by atoms with Crippen LogP contribution in [-0.2, 0) is 0 Å². The van der Waals surface area contributed by atoms with Gasteiger partial charge in [-0.15, -0.1) is 0 Å². The van der Waals surface area contributed by atoms with Crippen LogP contribution in [0.25, 0.3) is 11.3 Å². The molecular formula is C16H12F2N4O. The SMILES string of the molecule is Cc1ccc(C(=O)Nc2cc(-c3cc(F)cc(F)c3)[nH]n2)nc1. The fraction of sp³-hybridized carbons (Fsp3) is 0.0625. The van der Waals surface area contributed by atoms with Crippen molar-refractivity contribution >= 4 is 11.7 Å². The van der Waals surface area contributed by atoms with E-state index in [2.05, 4.69) is 20.5 Å². The van der Waals surface area contributed by atoms with Gasteiger partial charge in [-0.1, -0.05) is 6.07 Å². The smallest absolute Gasteiger partial charge is 0.275 e. The summed E-state index contributed by atoms with van der Waals surface area (Å²) in [4.78, 5) is 16.0. The summed E-state index contributed by atoms with van der Waals surface area (Å²) in [6.07, 6.45) is 1.58. The van der Waals surface area contributed by atoms with Crippen molar-refractivity contribution in [3.05, 3.63) is 65.5 Å². The van der Waals surface area contributed by atoms with Gasteiger partial charge in [0.2, 0.25) is 0 Å². The van der Waals surface area contributed by atoms with Crippen LogP contribution in [-0.4, -0.2) is 21.1 Å². The number of aromatic nitrogens is 3. The first kappa shape index (κ1) is 14.8. The van der Waals surface area contributed by atoms with Crippen LogP contribution >= 0.6 is 0 Å². The van der Waals surface area contributed by atoms with Gasteiger partial charge in [-0.2, -0.15) is 5.10 Å². The van der Waals surface area contributed by atoms with Gasteiger partial charge in [0.1, 0.15) is 17.3 Å². The molecule has 3 aromatic rings. The van der Waals surface area contributed by atoms with Crippen LogP contribution in [0.15, 0.2) is 42.6 Å². The maximum absolute atomic E-state index is 13.2. The second kappa shape index (κ2) is 5.96. The molecule has 0 radical (unpaired) electrons. The van der Waals surface area contributed by atoms with E-state index in [4.69, 9.17) is 0 Å². The van der Waals surface area contributed by atoms with Gasteiger partial charge in [0, 0.05) is 23.9 Å². The summed E-state index contributed by atoms with van der Waals surface area (Å²) in [6.45, 7) is 1.87. The zero-order valence-electron chi connectivity index (χ0n) is 12.1. The molecule has 0 saturated carbocycles. The summed E-state index contributed by atoms with van der Waals surface area (Å²) in [7, 11) is 0. The van der Waals surface area contributed by atoms with E-state index in [0.29, 0.717) is 11.3 Å². The number of nitrogens with one attached hydrogen (secondary N) is 2. The molecular weight excluding hydrogens is 302 g/mol. The molecule has 7 heteroatoms. The molecule has 1 amide bonds. The predicted octanol–water partition coefficient (Wildman–Crippen LogP) is 3.31. The Hall–Kier alpha value is -3.09. The van der Waals surface area contributed by atoms with Crippen LogP contribution in [0.1, 0.15) is 16.1 Å². The number of hydrogen-bond donors (Lipinski definition) is 2. The number of nitrogens with zero attached hydrogens (tertiary/aromatic N) is 2. The average Bonchev–Trinajstić information content (AvgIpc) is 2.95. The summed E-state index contributed by atoms with van der Waals surface area (Å²) in [5, 5.41) is 9.10. The van der Waals surface area contributed by atoms with Gasteiger partial charge in [-0.25, -0.2) is 8.78 Å². The van der Waals surface area contributed by atoms with Crippen LogP contribution in [0.4, 0.5) is 14.6 Å². The Morgan fingerprint density at radius 1 is 1.13 bits per heavy atom. The number of halogens is 2. The van der Waals surface area contributed by atoms with Gasteiger partial charge in [0.25, 0.3) is 5.91 Å². The van der Waals surface area contributed by atoms with Crippen LogP contribution in [0.5, 0.6) is 0 Å². The molecule has 23 heavy (non-hydrogen) atoms. The highest BCUT2D eigenvalue weighted by molar-refractivity contribution is 6.02. The lowest BCUT2D eigenvalue weighted by atomic mass is 10.1. The Labute approximate surface area is 130 Å². The molecule has 5 nitrogen and oxygen atoms in total. The molecule has 0 atom stereocenters. The number of rotatable bonds is 3. The normalized spacial score (nSPS) is 10.6. The van der Waals surface area contributed by atoms with E-state index in [9.17, 15) is 13.6 Å². The minimum Gasteiger partial charge on any atom is -0.304 e. The highest BCUT2D eigenvalue weighted by atomic mass is 19.1. The fourth-order valence-corrected chi connectivity index (χ4v) is 2.03. The van der Waals surface area contributed by atoms with E-state index in [1.54, 1.807) is 18.3 Å². The van der Waals surface area contributed by atoms with Crippen molar-refractivity contribution in [2.75, 3.05) is 5.32 Å². The molecule has 2 heterocycles. The Morgan fingerprint density at radius 2 is 1.87 bits per heavy atom. The first-order chi connectivity index (χ1) is 11.0. The van der Waals surface area contributed by atoms with Gasteiger partial charge < -0.3 is 5.32 Å². The third kappa shape index (κ3) is 3.39. The number of benzene rings is 1. The molecule has 0 aliphatic carbocycles. The summed E-state index contributed by atoms with van der Waals surface area (Å²) in [6, 6.07) is 7.98. The van der Waals surface area contributed by atoms with Crippen molar-refractivity contribution in [1.82, 2.24) is 15.2 Å². The molecule has 0 aliphatic heterocycles. The molecule has 0 saturated heterocycles. The summed E-state index contributed by atoms with van der Waals surface area (Å²) < 4.78 is 26.5. The van der Waals surface area contributed by atoms with Crippen molar-refractivity contribution < 1.29 is 13.6 Å². The van der Waals surface area contributed by atoms with Gasteiger partial charge in [0.15, 0.2) is 5.82 Å². The third-order valence-corrected chi connectivity index (χ3v) is 3.14. The highest BCUT2D eigenvalue weighted by Crippen LogP contribution is 2.22. The monoisotopic (exact) mass is 314 g/mol. The zero-order valence-corrected chi connectivity index (χ0v) is 12.1. The van der Waals surface area contributed by atoms with Crippen LogP contribution in [0.3, 0.4) is 0 Å². The molecule has 0 unspecified atom stereocenters. The summed E-state index contributed by atoms with van der Waals surface area (Å²) in [5.74, 6) is -1.57. The van der Waals surface area contributed by atoms with Crippen molar-refractivity contribution in [3.8, 4) is 11.3 Å². The minimum atomic E-state index is -0.691. The van der Waals surface area contributed by atoms with Crippen molar-refractivity contribution in [2.24, 2.45) is 0 Å². The van der Waals surface area contributed by atoms with Crippen molar-refractivity contribution in [3.63, 3.8) is 0 Å². The molecule has 0 spiro atoms. The Kier molecular flexibility index (Phi) is 3.84. The van der Waals surface area contributed by atoms with E-state index >= 15 is 0 Å². The molecule has 2 N–H and O–H groups in total. The van der Waals surface area contributed by atoms with E-state index in [1.807, 2.05) is 6.92 Å². The van der Waals surface area contributed by atoms with Crippen LogP contribution in [0, 0.1) is 18.6 Å². The fourth-order valence-electron chi connectivity index (χ4n) is 2.03. The third-order valence-electron chi connectivity index (χ3n) is 3.14. The first-order valence-corrected chi connectivity index (χ1v) is 6.77. The minimum absolute atomic E-state index is 0.233. The standard InChI is InChI=1S/C16H12F2N4O/c1-9-2-3-13(19-8-9)16(23)20-15-7-14(21-22-15)10-4-11(17)6-12(18)5-10/h2-8H,1H3,(H2,20,21,22,23). The number of anilines is 1. The topological polar surface area (TPSA) is 70.7 Å². The van der Waals surface area contributed by atoms with E-state index in [1.165, 1.54) is 18.2 Å². The van der Waals surface area contributed by atoms with Gasteiger partial charge in [-0.3, -0.25) is 14.9 Å². The summed E-state index contributed by atoms with van der Waals surface area (Å²) >= 11 is 0. The number of pyridine rings is 1. The number of carbonyl (C=O) groups excluding carboxylic acids is 1. The number of hydrogen-bond acceptors (Lipinski definition) is 3. The summed E-state index contributed by atoms with van der Waals surface area (Å²) in [5.41, 5.74) is 1.87. The zero-order chi connectivity index (χ0) is 16.4. The Balaban J connectivity index is 1.79. The van der Waals surface area contributed by atoms with E-state index in [0.717, 1.165) is 11.6 Å². The lowest BCUT2D eigenvalue weighted by Gasteiger charge is -2.01. The molecule has 0 fully saturated rings. The molecule has 1 aromatic carbocycles. The molecule has 3 rings (SSSR count). The number of H-pyrrole nitrogens is 1. The van der Waals surface area contributed by atoms with Gasteiger partial charge in [-0.05, 0) is 30.7 Å². The quantitative estimate of drug-likeness (QED) is 0.779. The lowest BCUT2D eigenvalue weighted by Crippen LogP contribution is -2.13. The number of carbonyl (C=O) groups is 1. The molecule has 2 aromatic heterocycles. The van der Waals surface area contributed by atoms with Crippen LogP contribution < -0.4 is 5.32 Å². The van der Waals surface area contributed by atoms with Crippen LogP contribution in [0.2, 0.25) is 0 Å². The largest absolute Gasteiger partial charge is 0.304 e. The van der Waals surface area contributed by atoms with Crippen molar-refractivity contribution in [2.45, 2.75) is 6.92 Å². The first-order valence-electron chi connectivity index (χ1n) is 6.77. The lowest BCUT2D eigenvalue weighted by molar-refractivity contribution is 0.102. The second-order valence-corrected chi connectivity index (χ2v) is 5.00. The van der Waals surface area contributed by atoms with E-state index < -0.39 is 17.5 Å². The number of amides is 1. The highest BCUT2D eigenvalue weighted by Gasteiger charge is 2.11. The van der Waals surface area contributed by atoms with Gasteiger partial charge >= 0.3 is 0 Å². The molecule has 0 aliphatic rings.